The third-order valence-electron chi connectivity index (χ3n) is 3.77. The van der Waals surface area contributed by atoms with Crippen LogP contribution in [0, 0.1) is 5.53 Å². The molecule has 2 aromatic heterocycles. The topological polar surface area (TPSA) is 96.7 Å². The van der Waals surface area contributed by atoms with Crippen molar-refractivity contribution in [3.8, 4) is 11.6 Å². The lowest BCUT2D eigenvalue weighted by molar-refractivity contribution is 0.471. The molecule has 25 heavy (non-hydrogen) atoms. The minimum absolute atomic E-state index is 0. The summed E-state index contributed by atoms with van der Waals surface area (Å²) in [6, 6.07) is 17.2. The second kappa shape index (κ2) is 6.29. The number of nitrogens with two attached hydrogens (primary N) is 1. The quantitative estimate of drug-likeness (QED) is 0.231. The van der Waals surface area contributed by atoms with Crippen molar-refractivity contribution in [2.45, 2.75) is 0 Å². The Morgan fingerprint density at radius 2 is 1.96 bits per heavy atom. The summed E-state index contributed by atoms with van der Waals surface area (Å²) in [5, 5.41) is 10.6. The van der Waals surface area contributed by atoms with E-state index in [1.54, 1.807) is 11.3 Å². The van der Waals surface area contributed by atoms with E-state index in [-0.39, 0.29) is 7.26 Å². The van der Waals surface area contributed by atoms with Crippen LogP contribution in [0.25, 0.3) is 21.0 Å². The fraction of sp³-hybridized carbons (Fsp3) is 0. The zero-order valence-corrected chi connectivity index (χ0v) is 13.8. The highest BCUT2D eigenvalue weighted by atomic mass is 32.1. The van der Waals surface area contributed by atoms with Gasteiger partial charge in [-0.25, -0.2) is 4.98 Å². The van der Waals surface area contributed by atoms with Crippen LogP contribution in [-0.4, -0.2) is 10.8 Å². The molecule has 0 radical (unpaired) electrons. The number of pyridine rings is 1. The highest BCUT2D eigenvalue weighted by Gasteiger charge is 2.13. The summed E-state index contributed by atoms with van der Waals surface area (Å²) in [6.07, 6.45) is 0. The first kappa shape index (κ1) is 15.2. The van der Waals surface area contributed by atoms with Crippen LogP contribution in [0.4, 0.5) is 0 Å². The lowest BCUT2D eigenvalue weighted by atomic mass is 10.1. The molecule has 0 unspecified atom stereocenters. The Bertz CT molecular complexity index is 1110. The molecule has 0 spiro atoms. The van der Waals surface area contributed by atoms with Gasteiger partial charge in [-0.2, -0.15) is 5.53 Å². The summed E-state index contributed by atoms with van der Waals surface area (Å²) in [7, 11) is 0. The molecular weight excluding hydrogens is 334 g/mol. The SMILES string of the molecule is N=N/N=C(\N)c1ccc2c(c1)nc(Oc1ccccc1)c1ccsc12.[HH]. The summed E-state index contributed by atoms with van der Waals surface area (Å²) in [5.41, 5.74) is 14.1. The Hall–Kier alpha value is -3.32. The Labute approximate surface area is 148 Å². The van der Waals surface area contributed by atoms with E-state index in [2.05, 4.69) is 15.3 Å². The fourth-order valence-electron chi connectivity index (χ4n) is 2.62. The minimum atomic E-state index is 0. The molecular formula is C18H15N5OS. The Balaban J connectivity index is 0.00000196. The lowest BCUT2D eigenvalue weighted by Gasteiger charge is -2.09. The molecule has 0 amide bonds. The summed E-state index contributed by atoms with van der Waals surface area (Å²) in [6.45, 7) is 0. The van der Waals surface area contributed by atoms with Gasteiger partial charge in [0, 0.05) is 17.1 Å². The Kier molecular flexibility index (Phi) is 3.83. The van der Waals surface area contributed by atoms with Crippen LogP contribution in [0.15, 0.2) is 70.3 Å². The monoisotopic (exact) mass is 349 g/mol. The normalized spacial score (nSPS) is 11.8. The van der Waals surface area contributed by atoms with Gasteiger partial charge >= 0.3 is 0 Å². The molecule has 0 aliphatic heterocycles. The zero-order chi connectivity index (χ0) is 17.2. The van der Waals surface area contributed by atoms with Crippen molar-refractivity contribution >= 4 is 38.2 Å². The van der Waals surface area contributed by atoms with Gasteiger partial charge < -0.3 is 10.5 Å². The van der Waals surface area contributed by atoms with Crippen molar-refractivity contribution in [2.24, 2.45) is 16.1 Å². The van der Waals surface area contributed by atoms with Crippen molar-refractivity contribution in [1.82, 2.24) is 4.98 Å². The lowest BCUT2D eigenvalue weighted by Crippen LogP contribution is -2.12. The number of aromatic nitrogens is 1. The van der Waals surface area contributed by atoms with Crippen molar-refractivity contribution in [3.63, 3.8) is 0 Å². The molecule has 0 aliphatic rings. The molecule has 6 nitrogen and oxygen atoms in total. The molecule has 0 saturated carbocycles. The van der Waals surface area contributed by atoms with E-state index in [0.29, 0.717) is 11.4 Å². The number of hydrogen-bond acceptors (Lipinski definition) is 5. The Morgan fingerprint density at radius 3 is 2.76 bits per heavy atom. The molecule has 124 valence electrons. The van der Waals surface area contributed by atoms with Crippen molar-refractivity contribution in [2.75, 3.05) is 0 Å². The number of ether oxygens (including phenoxy) is 1. The average molecular weight is 349 g/mol. The standard InChI is InChI=1S/C18H13N5OS.H2/c19-17(22-23-20)11-6-7-13-15(10-11)21-18(14-8-9-25-16(13)14)24-12-4-2-1-3-5-12;/h1-10H,(H3,19,20,22);1H. The number of benzene rings is 2. The van der Waals surface area contributed by atoms with Crippen LogP contribution in [0.1, 0.15) is 6.99 Å². The minimum Gasteiger partial charge on any atom is -0.438 e. The van der Waals surface area contributed by atoms with Crippen LogP contribution in [0.5, 0.6) is 11.6 Å². The van der Waals surface area contributed by atoms with E-state index in [0.717, 1.165) is 26.7 Å². The molecule has 7 heteroatoms. The van der Waals surface area contributed by atoms with Gasteiger partial charge in [0.15, 0.2) is 5.84 Å². The molecule has 0 fully saturated rings. The van der Waals surface area contributed by atoms with Gasteiger partial charge in [-0.1, -0.05) is 35.6 Å². The van der Waals surface area contributed by atoms with Gasteiger partial charge in [-0.15, -0.1) is 16.4 Å². The maximum atomic E-state index is 6.82. The number of fused-ring (bicyclic) bond motifs is 3. The molecule has 3 N–H and O–H groups in total. The number of hydrogen-bond donors (Lipinski definition) is 2. The van der Waals surface area contributed by atoms with E-state index < -0.39 is 0 Å². The van der Waals surface area contributed by atoms with Crippen LogP contribution in [-0.2, 0) is 0 Å². The summed E-state index contributed by atoms with van der Waals surface area (Å²) in [4.78, 5) is 4.67. The first-order valence-corrected chi connectivity index (χ1v) is 8.38. The molecule has 4 rings (SSSR count). The molecule has 0 aliphatic carbocycles. The third kappa shape index (κ3) is 2.81. The third-order valence-corrected chi connectivity index (χ3v) is 4.72. The number of amidine groups is 1. The molecule has 0 bridgehead atoms. The maximum absolute atomic E-state index is 6.82. The van der Waals surface area contributed by atoms with E-state index in [4.69, 9.17) is 16.0 Å². The van der Waals surface area contributed by atoms with Crippen molar-refractivity contribution in [3.05, 3.63) is 65.5 Å². The largest absolute Gasteiger partial charge is 0.438 e. The fourth-order valence-corrected chi connectivity index (χ4v) is 3.54. The van der Waals surface area contributed by atoms with Gasteiger partial charge in [-0.05, 0) is 29.6 Å². The van der Waals surface area contributed by atoms with Gasteiger partial charge in [0.1, 0.15) is 5.75 Å². The van der Waals surface area contributed by atoms with Crippen LogP contribution in [0.2, 0.25) is 0 Å². The van der Waals surface area contributed by atoms with E-state index >= 15 is 0 Å². The molecule has 4 aromatic rings. The molecule has 2 heterocycles. The highest BCUT2D eigenvalue weighted by Crippen LogP contribution is 2.36. The van der Waals surface area contributed by atoms with Gasteiger partial charge in [0.25, 0.3) is 0 Å². The van der Waals surface area contributed by atoms with Crippen LogP contribution < -0.4 is 10.5 Å². The predicted molar refractivity (Wildman–Crippen MR) is 102 cm³/mol. The Morgan fingerprint density at radius 1 is 1.12 bits per heavy atom. The van der Waals surface area contributed by atoms with E-state index in [1.807, 2.05) is 60.0 Å². The molecule has 0 atom stereocenters. The smallest absolute Gasteiger partial charge is 0.228 e. The summed E-state index contributed by atoms with van der Waals surface area (Å²) >= 11 is 1.64. The van der Waals surface area contributed by atoms with Crippen LogP contribution >= 0.6 is 11.3 Å². The van der Waals surface area contributed by atoms with Crippen LogP contribution in [0.3, 0.4) is 0 Å². The van der Waals surface area contributed by atoms with E-state index in [1.165, 1.54) is 0 Å². The van der Waals surface area contributed by atoms with Crippen molar-refractivity contribution in [1.29, 1.82) is 5.53 Å². The number of nitrogens with zero attached hydrogens (tertiary/aromatic N) is 3. The number of para-hydroxylation sites is 1. The first-order chi connectivity index (χ1) is 12.3. The highest BCUT2D eigenvalue weighted by molar-refractivity contribution is 7.18. The maximum Gasteiger partial charge on any atom is 0.228 e. The molecule has 2 aromatic carbocycles. The number of nitrogens with one attached hydrogen (secondary N) is 1. The number of thiophene rings is 1. The van der Waals surface area contributed by atoms with Gasteiger partial charge in [0.2, 0.25) is 5.88 Å². The van der Waals surface area contributed by atoms with E-state index in [9.17, 15) is 0 Å². The molecule has 0 saturated heterocycles. The second-order valence-corrected chi connectivity index (χ2v) is 6.23. The average Bonchev–Trinajstić information content (AvgIpc) is 3.13. The predicted octanol–water partition coefficient (Wildman–Crippen LogP) is 5.14. The van der Waals surface area contributed by atoms with Gasteiger partial charge in [0.05, 0.1) is 10.9 Å². The first-order valence-electron chi connectivity index (χ1n) is 7.50. The second-order valence-electron chi connectivity index (χ2n) is 5.31. The van der Waals surface area contributed by atoms with Gasteiger partial charge in [-0.3, -0.25) is 0 Å². The van der Waals surface area contributed by atoms with Crippen molar-refractivity contribution < 1.29 is 6.16 Å². The zero-order valence-electron chi connectivity index (χ0n) is 13.0. The summed E-state index contributed by atoms with van der Waals surface area (Å²) in [5.74, 6) is 1.45. The summed E-state index contributed by atoms with van der Waals surface area (Å²) < 4.78 is 7.09. The number of rotatable bonds is 4.